The van der Waals surface area contributed by atoms with Crippen LogP contribution in [0.25, 0.3) is 10.9 Å². The van der Waals surface area contributed by atoms with E-state index in [1.165, 1.54) is 6.07 Å². The maximum absolute atomic E-state index is 14.3. The number of aliphatic hydroxyl groups is 1. The molecule has 0 saturated carbocycles. The first-order chi connectivity index (χ1) is 20.9. The minimum Gasteiger partial charge on any atom is -0.478 e. The number of ether oxygens (including phenoxy) is 2. The minimum atomic E-state index is -0.979. The normalized spacial score (nSPS) is 17.5. The molecular formula is C33H33FN4O5. The number of piperidine rings is 1. The van der Waals surface area contributed by atoms with E-state index in [1.807, 2.05) is 18.2 Å². The number of hydrogen-bond acceptors (Lipinski definition) is 7. The van der Waals surface area contributed by atoms with Crippen LogP contribution >= 0.6 is 0 Å². The Morgan fingerprint density at radius 2 is 1.95 bits per heavy atom. The number of likely N-dealkylation sites (tertiary alicyclic amines) is 1. The van der Waals surface area contributed by atoms with Crippen LogP contribution in [0.4, 0.5) is 4.39 Å². The number of rotatable bonds is 10. The summed E-state index contributed by atoms with van der Waals surface area (Å²) in [4.78, 5) is 18.8. The van der Waals surface area contributed by atoms with Crippen LogP contribution in [0.15, 0.2) is 54.6 Å². The summed E-state index contributed by atoms with van der Waals surface area (Å²) in [5.74, 6) is -0.780. The topological polar surface area (TPSA) is 121 Å². The van der Waals surface area contributed by atoms with Crippen molar-refractivity contribution in [3.8, 4) is 11.9 Å². The summed E-state index contributed by atoms with van der Waals surface area (Å²) in [7, 11) is 0. The monoisotopic (exact) mass is 584 g/mol. The van der Waals surface area contributed by atoms with E-state index in [0.717, 1.165) is 66.8 Å². The number of aromatic carboxylic acids is 1. The number of carboxylic acid groups (broad SMARTS) is 1. The zero-order valence-electron chi connectivity index (χ0n) is 23.7. The van der Waals surface area contributed by atoms with E-state index < -0.39 is 11.8 Å². The summed E-state index contributed by atoms with van der Waals surface area (Å²) in [6.45, 7) is 3.55. The van der Waals surface area contributed by atoms with Crippen molar-refractivity contribution in [1.29, 1.82) is 5.26 Å². The van der Waals surface area contributed by atoms with Crippen LogP contribution in [0.2, 0.25) is 0 Å². The predicted molar refractivity (Wildman–Crippen MR) is 156 cm³/mol. The molecule has 43 heavy (non-hydrogen) atoms. The molecule has 9 nitrogen and oxygen atoms in total. The Bertz CT molecular complexity index is 1680. The number of fused-ring (bicyclic) bond motifs is 1. The number of aliphatic hydroxyl groups excluding tert-OH is 1. The average Bonchev–Trinajstić information content (AvgIpc) is 3.29. The van der Waals surface area contributed by atoms with Gasteiger partial charge in [0, 0.05) is 65.1 Å². The van der Waals surface area contributed by atoms with Crippen molar-refractivity contribution in [2.75, 3.05) is 19.7 Å². The third-order valence-electron chi connectivity index (χ3n) is 8.55. The molecule has 6 rings (SSSR count). The van der Waals surface area contributed by atoms with E-state index in [0.29, 0.717) is 24.5 Å². The lowest BCUT2D eigenvalue weighted by atomic mass is 9.93. The second kappa shape index (κ2) is 12.5. The van der Waals surface area contributed by atoms with E-state index in [4.69, 9.17) is 19.7 Å². The van der Waals surface area contributed by atoms with Crippen LogP contribution in [0, 0.1) is 17.1 Å². The lowest BCUT2D eigenvalue weighted by Crippen LogP contribution is -2.35. The summed E-state index contributed by atoms with van der Waals surface area (Å²) in [6, 6.07) is 17.0. The minimum absolute atomic E-state index is 0.0213. The molecule has 0 amide bonds. The Balaban J connectivity index is 1.14. The van der Waals surface area contributed by atoms with Crippen LogP contribution < -0.4 is 4.74 Å². The molecule has 2 aromatic heterocycles. The first-order valence-corrected chi connectivity index (χ1v) is 14.5. The Morgan fingerprint density at radius 3 is 2.63 bits per heavy atom. The Morgan fingerprint density at radius 1 is 1.14 bits per heavy atom. The Labute approximate surface area is 248 Å². The Kier molecular flexibility index (Phi) is 8.38. The van der Waals surface area contributed by atoms with Gasteiger partial charge in [-0.25, -0.2) is 14.2 Å². The molecule has 2 saturated heterocycles. The van der Waals surface area contributed by atoms with Gasteiger partial charge in [0.2, 0.25) is 5.88 Å². The van der Waals surface area contributed by atoms with E-state index in [9.17, 15) is 19.4 Å². The zero-order valence-corrected chi connectivity index (χ0v) is 23.7. The third kappa shape index (κ3) is 6.11. The number of nitrogens with zero attached hydrogens (tertiary/aromatic N) is 4. The van der Waals surface area contributed by atoms with Gasteiger partial charge < -0.3 is 24.3 Å². The van der Waals surface area contributed by atoms with Crippen molar-refractivity contribution >= 4 is 16.9 Å². The summed E-state index contributed by atoms with van der Waals surface area (Å²) < 4.78 is 27.9. The molecule has 10 heteroatoms. The van der Waals surface area contributed by atoms with Crippen LogP contribution in [-0.4, -0.2) is 56.4 Å². The number of hydrogen-bond donors (Lipinski definition) is 2. The Hall–Kier alpha value is -4.30. The van der Waals surface area contributed by atoms with Crippen molar-refractivity contribution in [2.45, 2.75) is 57.6 Å². The largest absolute Gasteiger partial charge is 0.478 e. The summed E-state index contributed by atoms with van der Waals surface area (Å²) in [5, 5.41) is 29.8. The van der Waals surface area contributed by atoms with Gasteiger partial charge in [0.1, 0.15) is 12.4 Å². The van der Waals surface area contributed by atoms with Gasteiger partial charge in [0.05, 0.1) is 29.9 Å². The van der Waals surface area contributed by atoms with Gasteiger partial charge in [0.25, 0.3) is 0 Å². The van der Waals surface area contributed by atoms with E-state index >= 15 is 0 Å². The van der Waals surface area contributed by atoms with Crippen molar-refractivity contribution in [2.24, 2.45) is 0 Å². The second-order valence-electron chi connectivity index (χ2n) is 11.2. The summed E-state index contributed by atoms with van der Waals surface area (Å²) in [5.41, 5.74) is 4.43. The maximum atomic E-state index is 14.3. The van der Waals surface area contributed by atoms with Crippen molar-refractivity contribution in [1.82, 2.24) is 14.5 Å². The van der Waals surface area contributed by atoms with Crippen molar-refractivity contribution in [3.63, 3.8) is 0 Å². The van der Waals surface area contributed by atoms with E-state index in [1.54, 1.807) is 36.4 Å². The van der Waals surface area contributed by atoms with Crippen LogP contribution in [0.5, 0.6) is 5.88 Å². The summed E-state index contributed by atoms with van der Waals surface area (Å²) >= 11 is 0. The molecule has 2 aliphatic rings. The molecule has 0 unspecified atom stereocenters. The fourth-order valence-electron chi connectivity index (χ4n) is 6.03. The number of carbonyl (C=O) groups is 1. The lowest BCUT2D eigenvalue weighted by Gasteiger charge is -2.33. The molecule has 2 aliphatic heterocycles. The molecule has 4 aromatic rings. The average molecular weight is 585 g/mol. The molecule has 0 radical (unpaired) electrons. The molecule has 2 aromatic carbocycles. The van der Waals surface area contributed by atoms with Crippen LogP contribution in [-0.2, 0) is 31.0 Å². The first kappa shape index (κ1) is 28.8. The number of halogens is 1. The second-order valence-corrected chi connectivity index (χ2v) is 11.2. The van der Waals surface area contributed by atoms with Gasteiger partial charge in [-0.05, 0) is 62.7 Å². The zero-order chi connectivity index (χ0) is 29.9. The molecule has 4 heterocycles. The maximum Gasteiger partial charge on any atom is 0.335 e. The number of pyridine rings is 1. The van der Waals surface area contributed by atoms with Gasteiger partial charge in [0.15, 0.2) is 0 Å². The molecule has 1 atom stereocenters. The van der Waals surface area contributed by atoms with Crippen molar-refractivity contribution < 1.29 is 28.9 Å². The lowest BCUT2D eigenvalue weighted by molar-refractivity contribution is -0.0591. The van der Waals surface area contributed by atoms with Crippen molar-refractivity contribution in [3.05, 3.63) is 94.1 Å². The number of benzene rings is 2. The number of carboxylic acids is 1. The predicted octanol–water partition coefficient (Wildman–Crippen LogP) is 4.99. The highest BCUT2D eigenvalue weighted by molar-refractivity contribution is 5.95. The molecule has 2 fully saturated rings. The standard InChI is InChI=1S/C33H33FN4O5/c34-28-14-21(16-35)4-5-24(28)20-43-32-3-1-2-29(36-32)22-8-11-37(12-9-22)18-31-27(19-39)26-7-6-23(33(40)41)15-30(26)38(31)17-25-10-13-42-25/h1-7,14-15,22,25,39H,8-13,17-20H2,(H,40,41)/t25-/m0/s1. The quantitative estimate of drug-likeness (QED) is 0.268. The van der Waals surface area contributed by atoms with Gasteiger partial charge >= 0.3 is 5.97 Å². The SMILES string of the molecule is N#Cc1ccc(COc2cccc(C3CCN(Cc4c(CO)c5ccc(C(=O)O)cc5n4C[C@@H]4CCO4)CC3)n2)c(F)c1. The molecule has 0 aliphatic carbocycles. The molecule has 222 valence electrons. The van der Waals surface area contributed by atoms with Gasteiger partial charge in [-0.3, -0.25) is 4.90 Å². The molecular weight excluding hydrogens is 551 g/mol. The first-order valence-electron chi connectivity index (χ1n) is 14.5. The van der Waals surface area contributed by atoms with Gasteiger partial charge in [-0.2, -0.15) is 5.26 Å². The molecule has 0 bridgehead atoms. The number of aromatic nitrogens is 2. The van der Waals surface area contributed by atoms with E-state index in [-0.39, 0.29) is 36.4 Å². The number of nitriles is 1. The highest BCUT2D eigenvalue weighted by atomic mass is 19.1. The fourth-order valence-corrected chi connectivity index (χ4v) is 6.03. The van der Waals surface area contributed by atoms with E-state index in [2.05, 4.69) is 9.47 Å². The third-order valence-corrected chi connectivity index (χ3v) is 8.55. The van der Waals surface area contributed by atoms with Gasteiger partial charge in [-0.15, -0.1) is 0 Å². The summed E-state index contributed by atoms with van der Waals surface area (Å²) in [6.07, 6.45) is 2.82. The van der Waals surface area contributed by atoms with Crippen LogP contribution in [0.3, 0.4) is 0 Å². The highest BCUT2D eigenvalue weighted by Crippen LogP contribution is 2.33. The molecule has 2 N–H and O–H groups in total. The fraction of sp³-hybridized carbons (Fsp3) is 0.364. The van der Waals surface area contributed by atoms with Crippen LogP contribution in [0.1, 0.15) is 63.6 Å². The smallest absolute Gasteiger partial charge is 0.335 e. The van der Waals surface area contributed by atoms with Gasteiger partial charge in [-0.1, -0.05) is 18.2 Å². The highest BCUT2D eigenvalue weighted by Gasteiger charge is 2.27. The molecule has 0 spiro atoms.